The second-order valence-corrected chi connectivity index (χ2v) is 6.14. The Labute approximate surface area is 134 Å². The standard InChI is InChI=1S/C22H24/c1-3-5-7-17-10-14-21-20(15-17)13-12-19-11-9-18(8-6-4-2)16-22(19)21/h3-4,9-11,14-16H,1-2,5-8,12-13H2. The Kier molecular flexibility index (Phi) is 4.58. The molecule has 0 N–H and O–H groups in total. The molecule has 0 fully saturated rings. The minimum absolute atomic E-state index is 1.05. The highest BCUT2D eigenvalue weighted by atomic mass is 14.2. The van der Waals surface area contributed by atoms with E-state index in [1.807, 2.05) is 12.2 Å². The second kappa shape index (κ2) is 6.79. The van der Waals surface area contributed by atoms with Gasteiger partial charge in [0, 0.05) is 0 Å². The van der Waals surface area contributed by atoms with Crippen molar-refractivity contribution in [2.24, 2.45) is 0 Å². The van der Waals surface area contributed by atoms with Gasteiger partial charge in [-0.25, -0.2) is 0 Å². The number of hydrogen-bond donors (Lipinski definition) is 0. The Morgan fingerprint density at radius 1 is 0.727 bits per heavy atom. The number of allylic oxidation sites excluding steroid dienone is 2. The Bertz CT molecular complexity index is 691. The van der Waals surface area contributed by atoms with Crippen LogP contribution in [0.1, 0.15) is 35.1 Å². The monoisotopic (exact) mass is 288 g/mol. The summed E-state index contributed by atoms with van der Waals surface area (Å²) >= 11 is 0. The summed E-state index contributed by atoms with van der Waals surface area (Å²) < 4.78 is 0. The van der Waals surface area contributed by atoms with Crippen LogP contribution in [0.15, 0.2) is 61.7 Å². The van der Waals surface area contributed by atoms with Crippen LogP contribution in [0.4, 0.5) is 0 Å². The van der Waals surface area contributed by atoms with Gasteiger partial charge in [0.2, 0.25) is 0 Å². The fraction of sp³-hybridized carbons (Fsp3) is 0.273. The van der Waals surface area contributed by atoms with Gasteiger partial charge in [0.05, 0.1) is 0 Å². The van der Waals surface area contributed by atoms with Crippen molar-refractivity contribution in [2.75, 3.05) is 0 Å². The van der Waals surface area contributed by atoms with Crippen LogP contribution in [0.25, 0.3) is 11.1 Å². The first kappa shape index (κ1) is 14.8. The zero-order valence-corrected chi connectivity index (χ0v) is 13.3. The maximum absolute atomic E-state index is 3.83. The molecule has 0 radical (unpaired) electrons. The Hall–Kier alpha value is -2.08. The number of benzene rings is 2. The van der Waals surface area contributed by atoms with Crippen LogP contribution in [0.5, 0.6) is 0 Å². The molecule has 0 nitrogen and oxygen atoms in total. The molecule has 0 atom stereocenters. The molecule has 0 bridgehead atoms. The molecule has 1 aliphatic rings. The molecule has 0 unspecified atom stereocenters. The van der Waals surface area contributed by atoms with Crippen molar-refractivity contribution in [2.45, 2.75) is 38.5 Å². The van der Waals surface area contributed by atoms with E-state index in [-0.39, 0.29) is 0 Å². The number of aryl methyl sites for hydroxylation is 4. The van der Waals surface area contributed by atoms with Gasteiger partial charge in [-0.3, -0.25) is 0 Å². The van der Waals surface area contributed by atoms with E-state index in [2.05, 4.69) is 49.6 Å². The van der Waals surface area contributed by atoms with Crippen LogP contribution in [0, 0.1) is 0 Å². The molecule has 3 rings (SSSR count). The molecule has 2 aromatic rings. The van der Waals surface area contributed by atoms with Gasteiger partial charge in [0.1, 0.15) is 0 Å². The normalized spacial score (nSPS) is 12.4. The second-order valence-electron chi connectivity index (χ2n) is 6.14. The fourth-order valence-corrected chi connectivity index (χ4v) is 3.33. The minimum atomic E-state index is 1.05. The van der Waals surface area contributed by atoms with E-state index < -0.39 is 0 Å². The Morgan fingerprint density at radius 3 is 2.09 bits per heavy atom. The molecule has 2 aromatic carbocycles. The van der Waals surface area contributed by atoms with Crippen molar-refractivity contribution in [1.29, 1.82) is 0 Å². The Morgan fingerprint density at radius 2 is 1.36 bits per heavy atom. The van der Waals surface area contributed by atoms with Crippen molar-refractivity contribution in [3.8, 4) is 11.1 Å². The highest BCUT2D eigenvalue weighted by Gasteiger charge is 2.16. The topological polar surface area (TPSA) is 0 Å². The molecule has 0 amide bonds. The molecule has 0 saturated heterocycles. The van der Waals surface area contributed by atoms with Gasteiger partial charge in [-0.15, -0.1) is 13.2 Å². The quantitative estimate of drug-likeness (QED) is 0.599. The first-order valence-corrected chi connectivity index (χ1v) is 8.27. The third-order valence-corrected chi connectivity index (χ3v) is 4.57. The molecular weight excluding hydrogens is 264 g/mol. The molecule has 112 valence electrons. The summed E-state index contributed by atoms with van der Waals surface area (Å²) in [6.45, 7) is 7.65. The summed E-state index contributed by atoms with van der Waals surface area (Å²) in [5.41, 5.74) is 8.73. The van der Waals surface area contributed by atoms with Gasteiger partial charge < -0.3 is 0 Å². The minimum Gasteiger partial charge on any atom is -0.103 e. The molecule has 0 aliphatic heterocycles. The molecular formula is C22H24. The number of fused-ring (bicyclic) bond motifs is 3. The molecule has 0 spiro atoms. The largest absolute Gasteiger partial charge is 0.103 e. The van der Waals surface area contributed by atoms with Crippen LogP contribution < -0.4 is 0 Å². The van der Waals surface area contributed by atoms with E-state index in [0.29, 0.717) is 0 Å². The number of hydrogen-bond acceptors (Lipinski definition) is 0. The van der Waals surface area contributed by atoms with Gasteiger partial charge in [0.15, 0.2) is 0 Å². The lowest BCUT2D eigenvalue weighted by Gasteiger charge is -2.21. The zero-order chi connectivity index (χ0) is 15.4. The van der Waals surface area contributed by atoms with Crippen LogP contribution in [-0.2, 0) is 25.7 Å². The van der Waals surface area contributed by atoms with Crippen LogP contribution in [0.3, 0.4) is 0 Å². The lowest BCUT2D eigenvalue weighted by atomic mass is 9.83. The van der Waals surface area contributed by atoms with Crippen LogP contribution in [-0.4, -0.2) is 0 Å². The van der Waals surface area contributed by atoms with E-state index >= 15 is 0 Å². The third kappa shape index (κ3) is 3.06. The Balaban J connectivity index is 1.93. The lowest BCUT2D eigenvalue weighted by Crippen LogP contribution is -2.05. The predicted octanol–water partition coefficient (Wildman–Crippen LogP) is 5.69. The highest BCUT2D eigenvalue weighted by molar-refractivity contribution is 5.74. The van der Waals surface area contributed by atoms with E-state index in [1.165, 1.54) is 33.4 Å². The molecule has 0 heterocycles. The van der Waals surface area contributed by atoms with Crippen molar-refractivity contribution < 1.29 is 0 Å². The first-order valence-electron chi connectivity index (χ1n) is 8.27. The number of rotatable bonds is 6. The third-order valence-electron chi connectivity index (χ3n) is 4.57. The summed E-state index contributed by atoms with van der Waals surface area (Å²) in [7, 11) is 0. The van der Waals surface area contributed by atoms with Crippen molar-refractivity contribution in [3.63, 3.8) is 0 Å². The van der Waals surface area contributed by atoms with Gasteiger partial charge in [-0.1, -0.05) is 48.6 Å². The van der Waals surface area contributed by atoms with Gasteiger partial charge >= 0.3 is 0 Å². The summed E-state index contributed by atoms with van der Waals surface area (Å²) in [4.78, 5) is 0. The zero-order valence-electron chi connectivity index (χ0n) is 13.3. The van der Waals surface area contributed by atoms with Crippen molar-refractivity contribution >= 4 is 0 Å². The smallest absolute Gasteiger partial charge is 0.0146 e. The van der Waals surface area contributed by atoms with Gasteiger partial charge in [-0.05, 0) is 71.9 Å². The predicted molar refractivity (Wildman–Crippen MR) is 96.3 cm³/mol. The lowest BCUT2D eigenvalue weighted by molar-refractivity contribution is 0.922. The van der Waals surface area contributed by atoms with E-state index in [9.17, 15) is 0 Å². The van der Waals surface area contributed by atoms with E-state index in [4.69, 9.17) is 0 Å². The van der Waals surface area contributed by atoms with Gasteiger partial charge in [0.25, 0.3) is 0 Å². The van der Waals surface area contributed by atoms with Crippen LogP contribution in [0.2, 0.25) is 0 Å². The molecule has 1 aliphatic carbocycles. The van der Waals surface area contributed by atoms with E-state index in [0.717, 1.165) is 38.5 Å². The van der Waals surface area contributed by atoms with Crippen molar-refractivity contribution in [1.82, 2.24) is 0 Å². The molecule has 0 aromatic heterocycles. The SMILES string of the molecule is C=CCCc1ccc2c(c1)CCc1ccc(CCC=C)cc1-2. The molecule has 0 saturated carbocycles. The fourth-order valence-electron chi connectivity index (χ4n) is 3.33. The van der Waals surface area contributed by atoms with Crippen LogP contribution >= 0.6 is 0 Å². The highest BCUT2D eigenvalue weighted by Crippen LogP contribution is 2.35. The summed E-state index contributed by atoms with van der Waals surface area (Å²) in [6, 6.07) is 14.0. The summed E-state index contributed by atoms with van der Waals surface area (Å²) in [5.74, 6) is 0. The summed E-state index contributed by atoms with van der Waals surface area (Å²) in [5, 5.41) is 0. The van der Waals surface area contributed by atoms with Gasteiger partial charge in [-0.2, -0.15) is 0 Å². The average molecular weight is 288 g/mol. The summed E-state index contributed by atoms with van der Waals surface area (Å²) in [6.07, 6.45) is 10.6. The first-order chi connectivity index (χ1) is 10.8. The molecule has 0 heteroatoms. The maximum Gasteiger partial charge on any atom is -0.0146 e. The van der Waals surface area contributed by atoms with Crippen molar-refractivity contribution in [3.05, 3.63) is 84.0 Å². The maximum atomic E-state index is 3.83. The average Bonchev–Trinajstić information content (AvgIpc) is 2.57. The van der Waals surface area contributed by atoms with E-state index in [1.54, 1.807) is 0 Å². The molecule has 22 heavy (non-hydrogen) atoms.